The van der Waals surface area contributed by atoms with Crippen LogP contribution < -0.4 is 20.4 Å². The molecule has 0 fully saturated rings. The van der Waals surface area contributed by atoms with E-state index in [-0.39, 0.29) is 29.3 Å². The van der Waals surface area contributed by atoms with Crippen molar-refractivity contribution >= 4 is 45.7 Å². The van der Waals surface area contributed by atoms with Crippen molar-refractivity contribution in [2.45, 2.75) is 33.4 Å². The van der Waals surface area contributed by atoms with Crippen molar-refractivity contribution in [1.29, 1.82) is 0 Å². The number of carboxylic acid groups (broad SMARTS) is 1. The van der Waals surface area contributed by atoms with Gasteiger partial charge in [-0.05, 0) is 38.0 Å². The maximum Gasteiger partial charge on any atom is 0.329 e. The molecule has 2 aromatic heterocycles. The topological polar surface area (TPSA) is 172 Å². The average molecular weight is 602 g/mol. The summed E-state index contributed by atoms with van der Waals surface area (Å²) < 4.78 is 56.5. The Morgan fingerprint density at radius 2 is 1.88 bits per heavy atom. The number of nitrogens with zero attached hydrogens (tertiary/aromatic N) is 3. The number of halogens is 2. The van der Waals surface area contributed by atoms with Crippen LogP contribution in [-0.2, 0) is 29.7 Å². The molecular weight excluding hydrogens is 574 g/mol. The number of carbonyl (C=O) groups excluding carboxylic acids is 1. The molecule has 2 aromatic carbocycles. The van der Waals surface area contributed by atoms with Crippen molar-refractivity contribution in [2.75, 3.05) is 16.2 Å². The second-order valence-electron chi connectivity index (χ2n) is 9.68. The summed E-state index contributed by atoms with van der Waals surface area (Å²) in [5.41, 5.74) is -0.149. The minimum absolute atomic E-state index is 0.139. The summed E-state index contributed by atoms with van der Waals surface area (Å²) in [5, 5.41) is 14.5. The molecule has 15 heteroatoms. The fourth-order valence-electron chi connectivity index (χ4n) is 4.90. The third-order valence-electron chi connectivity index (χ3n) is 6.67. The van der Waals surface area contributed by atoms with Gasteiger partial charge in [-0.15, -0.1) is 0 Å². The molecule has 0 radical (unpaired) electrons. The van der Waals surface area contributed by atoms with Gasteiger partial charge in [0.05, 0.1) is 23.1 Å². The average Bonchev–Trinajstić information content (AvgIpc) is 3.42. The summed E-state index contributed by atoms with van der Waals surface area (Å²) in [6.07, 6.45) is 4.01. The first kappa shape index (κ1) is 30.3. The molecule has 12 nitrogen and oxygen atoms in total. The lowest BCUT2D eigenvalue weighted by atomic mass is 10.0. The zero-order chi connectivity index (χ0) is 30.9. The Bertz CT molecular complexity index is 1750. The fraction of sp³-hybridized carbons (Fsp3) is 0.259. The van der Waals surface area contributed by atoms with E-state index in [1.807, 2.05) is 0 Å². The van der Waals surface area contributed by atoms with E-state index < -0.39 is 63.7 Å². The Hall–Kier alpha value is -4.63. The molecule has 222 valence electrons. The third kappa shape index (κ3) is 5.87. The number of aromatic nitrogens is 3. The molecule has 2 heterocycles. The van der Waals surface area contributed by atoms with Crippen LogP contribution in [0, 0.1) is 32.4 Å². The van der Waals surface area contributed by atoms with Crippen LogP contribution in [0.1, 0.15) is 32.6 Å². The standard InChI is InChI=1S/C27H28F2N6O6S/c1-13-7-14(2)22(15(3)8-13)35(42(40)41)20(26(38)39)11-32-25(37)18-12-34(4)23-16(24(18)36)9-19(28)17(21(23)29)10-33-27-30-5-6-31-27/h5-9,12,20H,10-11H2,1-4H3,(H,32,37)(H,38,39)(H,40,41)(H2,30,31,33)/p-1. The number of benzene rings is 2. The molecule has 1 amide bonds. The van der Waals surface area contributed by atoms with Crippen LogP contribution in [0.5, 0.6) is 0 Å². The molecule has 0 saturated carbocycles. The van der Waals surface area contributed by atoms with Crippen LogP contribution >= 0.6 is 0 Å². The summed E-state index contributed by atoms with van der Waals surface area (Å²) in [5.74, 6) is -4.37. The summed E-state index contributed by atoms with van der Waals surface area (Å²) >= 11 is -3.05. The summed E-state index contributed by atoms with van der Waals surface area (Å²) in [4.78, 5) is 45.1. The molecule has 0 aliphatic heterocycles. The molecule has 4 N–H and O–H groups in total. The Balaban J connectivity index is 1.65. The fourth-order valence-corrected chi connectivity index (χ4v) is 5.70. The molecule has 2 atom stereocenters. The van der Waals surface area contributed by atoms with E-state index in [0.29, 0.717) is 15.4 Å². The Kier molecular flexibility index (Phi) is 8.72. The second-order valence-corrected chi connectivity index (χ2v) is 10.5. The number of aliphatic carboxylic acids is 1. The van der Waals surface area contributed by atoms with E-state index in [0.717, 1.165) is 22.4 Å². The predicted octanol–water partition coefficient (Wildman–Crippen LogP) is 2.56. The van der Waals surface area contributed by atoms with Crippen LogP contribution in [0.15, 0.2) is 41.6 Å². The molecule has 42 heavy (non-hydrogen) atoms. The Morgan fingerprint density at radius 1 is 1.21 bits per heavy atom. The van der Waals surface area contributed by atoms with E-state index in [2.05, 4.69) is 20.6 Å². The van der Waals surface area contributed by atoms with Crippen molar-refractivity contribution in [3.05, 3.63) is 86.5 Å². The van der Waals surface area contributed by atoms with Crippen LogP contribution in [-0.4, -0.2) is 52.9 Å². The Labute approximate surface area is 240 Å². The quantitative estimate of drug-likeness (QED) is 0.201. The lowest BCUT2D eigenvalue weighted by Crippen LogP contribution is -2.50. The minimum atomic E-state index is -3.05. The van der Waals surface area contributed by atoms with Gasteiger partial charge in [-0.2, -0.15) is 0 Å². The van der Waals surface area contributed by atoms with E-state index in [9.17, 15) is 32.6 Å². The molecule has 0 aliphatic rings. The molecule has 0 saturated heterocycles. The lowest BCUT2D eigenvalue weighted by molar-refractivity contribution is -0.138. The van der Waals surface area contributed by atoms with Crippen molar-refractivity contribution in [1.82, 2.24) is 19.9 Å². The highest BCUT2D eigenvalue weighted by molar-refractivity contribution is 7.80. The van der Waals surface area contributed by atoms with Gasteiger partial charge in [0.2, 0.25) is 5.43 Å². The molecule has 4 aromatic rings. The second kappa shape index (κ2) is 12.1. The van der Waals surface area contributed by atoms with Gasteiger partial charge in [-0.25, -0.2) is 18.6 Å². The van der Waals surface area contributed by atoms with Crippen molar-refractivity contribution in [3.8, 4) is 0 Å². The predicted molar refractivity (Wildman–Crippen MR) is 151 cm³/mol. The SMILES string of the molecule is Cc1cc(C)c(N(C(CNC(=O)c2cn(C)c3c(F)c(CNc4ncc[nH]4)c(F)cc3c2=O)C(=O)O)S(=O)[O-])c(C)c1. The van der Waals surface area contributed by atoms with Crippen molar-refractivity contribution < 1.29 is 32.2 Å². The van der Waals surface area contributed by atoms with Gasteiger partial charge >= 0.3 is 5.97 Å². The number of rotatable bonds is 10. The van der Waals surface area contributed by atoms with Gasteiger partial charge in [-0.3, -0.25) is 18.1 Å². The van der Waals surface area contributed by atoms with E-state index >= 15 is 4.39 Å². The number of imidazole rings is 1. The first-order valence-corrected chi connectivity index (χ1v) is 13.6. The summed E-state index contributed by atoms with van der Waals surface area (Å²) in [6.45, 7) is 4.06. The number of nitrogens with one attached hydrogen (secondary N) is 3. The lowest BCUT2D eigenvalue weighted by Gasteiger charge is -2.34. The van der Waals surface area contributed by atoms with Crippen LogP contribution in [0.4, 0.5) is 20.4 Å². The van der Waals surface area contributed by atoms with Gasteiger partial charge in [0, 0.05) is 49.0 Å². The first-order chi connectivity index (χ1) is 19.8. The molecule has 0 spiro atoms. The van der Waals surface area contributed by atoms with Gasteiger partial charge in [0.1, 0.15) is 11.4 Å². The molecule has 0 bridgehead atoms. The van der Waals surface area contributed by atoms with Crippen molar-refractivity contribution in [2.24, 2.45) is 7.05 Å². The van der Waals surface area contributed by atoms with Gasteiger partial charge < -0.3 is 29.8 Å². The summed E-state index contributed by atoms with van der Waals surface area (Å²) in [7, 11) is 1.36. The van der Waals surface area contributed by atoms with Gasteiger partial charge in [0.25, 0.3) is 5.91 Å². The largest absolute Gasteiger partial charge is 0.755 e. The normalized spacial score (nSPS) is 12.6. The number of aromatic amines is 1. The first-order valence-electron chi connectivity index (χ1n) is 12.5. The van der Waals surface area contributed by atoms with Crippen LogP contribution in [0.3, 0.4) is 0 Å². The van der Waals surface area contributed by atoms with Gasteiger partial charge in [-0.1, -0.05) is 17.7 Å². The van der Waals surface area contributed by atoms with Crippen LogP contribution in [0.2, 0.25) is 0 Å². The smallest absolute Gasteiger partial charge is 0.329 e. The molecule has 0 aliphatic carbocycles. The maximum absolute atomic E-state index is 15.4. The minimum Gasteiger partial charge on any atom is -0.755 e. The number of hydrogen-bond acceptors (Lipinski definition) is 7. The number of carboxylic acids is 1. The summed E-state index contributed by atoms with van der Waals surface area (Å²) in [6, 6.07) is 2.43. The van der Waals surface area contributed by atoms with E-state index in [4.69, 9.17) is 0 Å². The van der Waals surface area contributed by atoms with Crippen molar-refractivity contribution in [3.63, 3.8) is 0 Å². The van der Waals surface area contributed by atoms with E-state index in [1.165, 1.54) is 19.4 Å². The zero-order valence-electron chi connectivity index (χ0n) is 22.9. The number of aryl methyl sites for hydroxylation is 4. The number of pyridine rings is 1. The highest BCUT2D eigenvalue weighted by Crippen LogP contribution is 2.29. The number of H-pyrrole nitrogens is 1. The Morgan fingerprint density at radius 3 is 2.45 bits per heavy atom. The monoisotopic (exact) mass is 601 g/mol. The molecule has 4 rings (SSSR count). The number of amides is 1. The number of hydrogen-bond donors (Lipinski definition) is 4. The van der Waals surface area contributed by atoms with Crippen LogP contribution in [0.25, 0.3) is 10.9 Å². The van der Waals surface area contributed by atoms with Gasteiger partial charge in [0.15, 0.2) is 17.8 Å². The highest BCUT2D eigenvalue weighted by atomic mass is 32.2. The molecular formula is C27H27F2N6O6S-. The number of carbonyl (C=O) groups is 2. The zero-order valence-corrected chi connectivity index (χ0v) is 23.8. The molecule has 2 unspecified atom stereocenters. The third-order valence-corrected chi connectivity index (χ3v) is 7.43. The maximum atomic E-state index is 15.4. The number of fused-ring (bicyclic) bond motifs is 1. The van der Waals surface area contributed by atoms with E-state index in [1.54, 1.807) is 32.9 Å². The highest BCUT2D eigenvalue weighted by Gasteiger charge is 2.31. The number of anilines is 2.